The number of hydrogen-bond acceptors (Lipinski definition) is 12. The van der Waals surface area contributed by atoms with Crippen LogP contribution in [-0.4, -0.2) is 65.1 Å². The Hall–Kier alpha value is -1.58. The Morgan fingerprint density at radius 3 is 2.57 bits per heavy atom. The number of anilines is 1. The number of thiazole rings is 1. The van der Waals surface area contributed by atoms with Gasteiger partial charge in [-0.05, 0) is 0 Å². The van der Waals surface area contributed by atoms with Crippen LogP contribution in [0.3, 0.4) is 0 Å². The second-order valence-corrected chi connectivity index (χ2v) is 6.16. The Labute approximate surface area is 131 Å². The van der Waals surface area contributed by atoms with Gasteiger partial charge in [0.05, 0.1) is 11.4 Å². The Kier molecular flexibility index (Phi) is 3.51. The first-order valence-electron chi connectivity index (χ1n) is 6.29. The topological polar surface area (TPSA) is 203 Å². The number of guanidine groups is 1. The van der Waals surface area contributed by atoms with Gasteiger partial charge in [0.25, 0.3) is 11.6 Å². The summed E-state index contributed by atoms with van der Waals surface area (Å²) in [7, 11) is 0. The summed E-state index contributed by atoms with van der Waals surface area (Å²) in [6.07, 6.45) is -6.67. The predicted octanol–water partition coefficient (Wildman–Crippen LogP) is -4.28. The standard InChI is InChI=1S/C10H14N4O8S/c11-7-12-1-2-4(13-7)14(8(17)23-2)6-10(20,21)9(18,19)3(22-6)5(15)16/h3,5-6,15-16,18-21H,1H2,(H3,11,12,13)/t3-,6-/m1/s1. The highest BCUT2D eigenvalue weighted by Gasteiger charge is 2.68. The molecule has 0 aliphatic carbocycles. The maximum Gasteiger partial charge on any atom is 0.311 e. The van der Waals surface area contributed by atoms with Crippen LogP contribution < -0.4 is 15.9 Å². The molecule has 0 amide bonds. The molecule has 0 saturated carbocycles. The van der Waals surface area contributed by atoms with Gasteiger partial charge in [-0.25, -0.2) is 4.99 Å². The van der Waals surface area contributed by atoms with Gasteiger partial charge >= 0.3 is 4.87 Å². The molecular weight excluding hydrogens is 336 g/mol. The van der Waals surface area contributed by atoms with E-state index in [1.807, 2.05) is 0 Å². The van der Waals surface area contributed by atoms with Gasteiger partial charge in [-0.15, -0.1) is 0 Å². The lowest BCUT2D eigenvalue weighted by Crippen LogP contribution is -2.60. The molecule has 23 heavy (non-hydrogen) atoms. The molecule has 0 radical (unpaired) electrons. The number of aliphatic hydroxyl groups excluding tert-OH is 1. The van der Waals surface area contributed by atoms with E-state index in [1.54, 1.807) is 0 Å². The molecule has 1 aromatic heterocycles. The molecule has 1 saturated heterocycles. The molecule has 3 heterocycles. The quantitative estimate of drug-likeness (QED) is 0.241. The number of rotatable bonds is 2. The summed E-state index contributed by atoms with van der Waals surface area (Å²) < 4.78 is 5.63. The highest BCUT2D eigenvalue weighted by molar-refractivity contribution is 7.09. The van der Waals surface area contributed by atoms with E-state index in [4.69, 9.17) is 20.7 Å². The first-order valence-corrected chi connectivity index (χ1v) is 7.11. The van der Waals surface area contributed by atoms with Crippen molar-refractivity contribution in [1.82, 2.24) is 4.57 Å². The molecule has 1 aromatic rings. The van der Waals surface area contributed by atoms with E-state index in [1.165, 1.54) is 0 Å². The smallest absolute Gasteiger partial charge is 0.311 e. The van der Waals surface area contributed by atoms with E-state index >= 15 is 0 Å². The van der Waals surface area contributed by atoms with Crippen molar-refractivity contribution >= 4 is 23.1 Å². The lowest BCUT2D eigenvalue weighted by atomic mass is 10.0. The summed E-state index contributed by atoms with van der Waals surface area (Å²) in [4.78, 5) is 15.7. The predicted molar refractivity (Wildman–Crippen MR) is 74.0 cm³/mol. The van der Waals surface area contributed by atoms with Crippen LogP contribution >= 0.6 is 11.3 Å². The molecule has 2 aliphatic rings. The molecule has 3 rings (SSSR count). The third-order valence-corrected chi connectivity index (χ3v) is 4.56. The van der Waals surface area contributed by atoms with Crippen LogP contribution in [0.1, 0.15) is 11.1 Å². The van der Waals surface area contributed by atoms with Crippen molar-refractivity contribution in [3.8, 4) is 0 Å². The van der Waals surface area contributed by atoms with Crippen molar-refractivity contribution in [1.29, 1.82) is 0 Å². The minimum absolute atomic E-state index is 0.0360. The molecule has 9 N–H and O–H groups in total. The first-order chi connectivity index (χ1) is 10.6. The fourth-order valence-electron chi connectivity index (χ4n) is 2.44. The highest BCUT2D eigenvalue weighted by atomic mass is 32.1. The third-order valence-electron chi connectivity index (χ3n) is 3.62. The average Bonchev–Trinajstić information content (AvgIpc) is 2.82. The van der Waals surface area contributed by atoms with E-state index in [9.17, 15) is 25.2 Å². The molecular formula is C10H14N4O8S. The molecule has 13 heteroatoms. The highest BCUT2D eigenvalue weighted by Crippen LogP contribution is 2.44. The van der Waals surface area contributed by atoms with Gasteiger partial charge < -0.3 is 46.4 Å². The van der Waals surface area contributed by atoms with Crippen LogP contribution in [0.4, 0.5) is 5.82 Å². The van der Waals surface area contributed by atoms with Crippen LogP contribution in [0.5, 0.6) is 0 Å². The molecule has 0 unspecified atom stereocenters. The lowest BCUT2D eigenvalue weighted by Gasteiger charge is -2.32. The number of hydrogen-bond donors (Lipinski definition) is 8. The zero-order chi connectivity index (χ0) is 17.2. The van der Waals surface area contributed by atoms with Crippen LogP contribution in [0.15, 0.2) is 9.79 Å². The van der Waals surface area contributed by atoms with E-state index in [0.717, 1.165) is 0 Å². The van der Waals surface area contributed by atoms with E-state index in [2.05, 4.69) is 10.3 Å². The zero-order valence-electron chi connectivity index (χ0n) is 11.3. The van der Waals surface area contributed by atoms with Crippen molar-refractivity contribution in [2.45, 2.75) is 36.7 Å². The molecule has 1 fully saturated rings. The largest absolute Gasteiger partial charge is 0.370 e. The van der Waals surface area contributed by atoms with Gasteiger partial charge in [0.2, 0.25) is 0 Å². The number of fused-ring (bicyclic) bond motifs is 1. The Morgan fingerprint density at radius 1 is 1.35 bits per heavy atom. The minimum atomic E-state index is -3.45. The molecule has 128 valence electrons. The molecule has 12 nitrogen and oxygen atoms in total. The minimum Gasteiger partial charge on any atom is -0.370 e. The van der Waals surface area contributed by atoms with Crippen LogP contribution in [0.2, 0.25) is 0 Å². The van der Waals surface area contributed by atoms with Crippen LogP contribution in [0.25, 0.3) is 0 Å². The number of nitrogens with one attached hydrogen (secondary N) is 1. The number of nitrogens with two attached hydrogens (primary N) is 1. The first kappa shape index (κ1) is 16.3. The van der Waals surface area contributed by atoms with Gasteiger partial charge in [-0.1, -0.05) is 11.3 Å². The maximum atomic E-state index is 12.1. The Balaban J connectivity index is 2.11. The van der Waals surface area contributed by atoms with Gasteiger partial charge in [0.1, 0.15) is 5.82 Å². The Morgan fingerprint density at radius 2 is 2.00 bits per heavy atom. The van der Waals surface area contributed by atoms with Gasteiger partial charge in [-0.3, -0.25) is 9.36 Å². The summed E-state index contributed by atoms with van der Waals surface area (Å²) in [5.41, 5.74) is 5.51. The van der Waals surface area contributed by atoms with Crippen molar-refractivity contribution in [2.75, 3.05) is 5.32 Å². The zero-order valence-corrected chi connectivity index (χ0v) is 12.1. The molecule has 0 bridgehead atoms. The van der Waals surface area contributed by atoms with E-state index < -0.39 is 35.1 Å². The molecule has 0 aromatic carbocycles. The van der Waals surface area contributed by atoms with Crippen LogP contribution in [-0.2, 0) is 11.3 Å². The molecule has 0 spiro atoms. The fraction of sp³-hybridized carbons (Fsp3) is 0.600. The van der Waals surface area contributed by atoms with E-state index in [0.29, 0.717) is 20.8 Å². The maximum absolute atomic E-state index is 12.1. The monoisotopic (exact) mass is 350 g/mol. The van der Waals surface area contributed by atoms with E-state index in [-0.39, 0.29) is 18.3 Å². The lowest BCUT2D eigenvalue weighted by molar-refractivity contribution is -0.363. The van der Waals surface area contributed by atoms with Gasteiger partial charge in [0, 0.05) is 0 Å². The van der Waals surface area contributed by atoms with Gasteiger partial charge in [0.15, 0.2) is 24.6 Å². The SMILES string of the molecule is NC1=NCc2sc(=O)n([C@@H]3O[C@H](C(O)O)C(O)(O)C3(O)O)c2N1. The second kappa shape index (κ2) is 4.96. The summed E-state index contributed by atoms with van der Waals surface area (Å²) >= 11 is 0.708. The van der Waals surface area contributed by atoms with Crippen molar-refractivity contribution < 1.29 is 35.4 Å². The molecule has 2 aliphatic heterocycles. The summed E-state index contributed by atoms with van der Waals surface area (Å²) in [5.74, 6) is -6.87. The second-order valence-electron chi connectivity index (χ2n) is 5.11. The molecule has 2 atom stereocenters. The Bertz CT molecular complexity index is 723. The summed E-state index contributed by atoms with van der Waals surface area (Å²) in [5, 5.41) is 60.5. The number of nitrogens with zero attached hydrogens (tertiary/aromatic N) is 2. The summed E-state index contributed by atoms with van der Waals surface area (Å²) in [6, 6.07) is 0. The van der Waals surface area contributed by atoms with Crippen molar-refractivity contribution in [3.05, 3.63) is 14.5 Å². The number of aromatic nitrogens is 1. The summed E-state index contributed by atoms with van der Waals surface area (Å²) in [6.45, 7) is 0.0626. The number of ether oxygens (including phenoxy) is 1. The third kappa shape index (κ3) is 2.18. The average molecular weight is 350 g/mol. The number of aliphatic hydroxyl groups is 6. The number of aliphatic imine (C=N–C) groups is 1. The fourth-order valence-corrected chi connectivity index (χ4v) is 3.31. The van der Waals surface area contributed by atoms with Gasteiger partial charge in [-0.2, -0.15) is 0 Å². The van der Waals surface area contributed by atoms with Crippen LogP contribution in [0, 0.1) is 0 Å². The van der Waals surface area contributed by atoms with Crippen molar-refractivity contribution in [3.63, 3.8) is 0 Å². The van der Waals surface area contributed by atoms with Crippen molar-refractivity contribution in [2.24, 2.45) is 10.7 Å². The normalized spacial score (nSPS) is 28.4.